The number of hydrogen-bond acceptors (Lipinski definition) is 3. The van der Waals surface area contributed by atoms with E-state index in [2.05, 4.69) is 10.1 Å². The van der Waals surface area contributed by atoms with Crippen molar-refractivity contribution < 1.29 is 22.7 Å². The summed E-state index contributed by atoms with van der Waals surface area (Å²) >= 11 is 0. The van der Waals surface area contributed by atoms with E-state index in [4.69, 9.17) is 0 Å². The van der Waals surface area contributed by atoms with E-state index in [1.807, 2.05) is 4.90 Å². The number of amides is 1. The van der Waals surface area contributed by atoms with Crippen LogP contribution in [0.4, 0.5) is 13.2 Å². The van der Waals surface area contributed by atoms with Gasteiger partial charge in [0.1, 0.15) is 6.61 Å². The van der Waals surface area contributed by atoms with Gasteiger partial charge in [-0.3, -0.25) is 4.79 Å². The van der Waals surface area contributed by atoms with Crippen molar-refractivity contribution in [3.8, 4) is 0 Å². The van der Waals surface area contributed by atoms with E-state index >= 15 is 0 Å². The maximum atomic E-state index is 12.1. The first-order chi connectivity index (χ1) is 9.46. The molecule has 2 aliphatic rings. The summed E-state index contributed by atoms with van der Waals surface area (Å²) in [7, 11) is 0. The van der Waals surface area contributed by atoms with Crippen LogP contribution in [-0.2, 0) is 9.53 Å². The summed E-state index contributed by atoms with van der Waals surface area (Å²) in [6, 6.07) is 0.614. The largest absolute Gasteiger partial charge is 0.411 e. The molecular formula is C13H21F3N2O2. The van der Waals surface area contributed by atoms with Gasteiger partial charge in [0.05, 0.1) is 13.0 Å². The van der Waals surface area contributed by atoms with Crippen LogP contribution in [0.2, 0.25) is 0 Å². The lowest BCUT2D eigenvalue weighted by Gasteiger charge is -2.26. The van der Waals surface area contributed by atoms with Gasteiger partial charge in [-0.25, -0.2) is 0 Å². The van der Waals surface area contributed by atoms with Crippen molar-refractivity contribution in [2.75, 3.05) is 26.3 Å². The zero-order valence-corrected chi connectivity index (χ0v) is 11.4. The van der Waals surface area contributed by atoms with Crippen LogP contribution in [0.1, 0.15) is 32.1 Å². The minimum absolute atomic E-state index is 0.0271. The predicted molar refractivity (Wildman–Crippen MR) is 67.3 cm³/mol. The Morgan fingerprint density at radius 2 is 2.05 bits per heavy atom. The molecule has 0 aromatic rings. The zero-order chi connectivity index (χ0) is 14.6. The number of nitrogens with zero attached hydrogens (tertiary/aromatic N) is 1. The Balaban J connectivity index is 1.70. The molecule has 1 atom stereocenters. The van der Waals surface area contributed by atoms with E-state index in [0.29, 0.717) is 12.6 Å². The Hall–Kier alpha value is -0.820. The van der Waals surface area contributed by atoms with Gasteiger partial charge in [0.2, 0.25) is 5.91 Å². The molecule has 1 unspecified atom stereocenters. The number of carbonyl (C=O) groups excluding carboxylic acids is 1. The summed E-state index contributed by atoms with van der Waals surface area (Å²) in [5.74, 6) is -0.0941. The standard InChI is InChI=1S/C13H21F3N2O2/c14-13(15,16)9-20-7-5-12(19)18(11-3-4-11)8-10-2-1-6-17-10/h10-11,17H,1-9H2. The van der Waals surface area contributed by atoms with E-state index < -0.39 is 12.8 Å². The van der Waals surface area contributed by atoms with Crippen molar-refractivity contribution in [1.29, 1.82) is 0 Å². The molecule has 1 aliphatic carbocycles. The van der Waals surface area contributed by atoms with Gasteiger partial charge in [-0.05, 0) is 32.2 Å². The molecule has 0 bridgehead atoms. The van der Waals surface area contributed by atoms with Crippen LogP contribution in [0.3, 0.4) is 0 Å². The van der Waals surface area contributed by atoms with Gasteiger partial charge in [-0.1, -0.05) is 0 Å². The number of alkyl halides is 3. The third-order valence-corrected chi connectivity index (χ3v) is 3.61. The maximum Gasteiger partial charge on any atom is 0.411 e. The second-order valence-electron chi connectivity index (χ2n) is 5.49. The van der Waals surface area contributed by atoms with Crippen LogP contribution in [0, 0.1) is 0 Å². The topological polar surface area (TPSA) is 41.6 Å². The number of halogens is 3. The fourth-order valence-electron chi connectivity index (χ4n) is 2.48. The normalized spacial score (nSPS) is 23.1. The molecule has 0 aromatic carbocycles. The van der Waals surface area contributed by atoms with Crippen molar-refractivity contribution in [3.63, 3.8) is 0 Å². The molecule has 4 nitrogen and oxygen atoms in total. The van der Waals surface area contributed by atoms with Crippen LogP contribution < -0.4 is 5.32 Å². The van der Waals surface area contributed by atoms with Gasteiger partial charge in [0, 0.05) is 18.6 Å². The average Bonchev–Trinajstić information content (AvgIpc) is 3.07. The van der Waals surface area contributed by atoms with Crippen LogP contribution in [-0.4, -0.2) is 55.4 Å². The SMILES string of the molecule is O=C(CCOCC(F)(F)F)N(CC1CCCN1)C1CC1. The number of ether oxygens (including phenoxy) is 1. The smallest absolute Gasteiger partial charge is 0.372 e. The molecule has 2 fully saturated rings. The first kappa shape index (κ1) is 15.6. The van der Waals surface area contributed by atoms with Crippen molar-refractivity contribution in [2.24, 2.45) is 0 Å². The molecule has 20 heavy (non-hydrogen) atoms. The fourth-order valence-corrected chi connectivity index (χ4v) is 2.48. The van der Waals surface area contributed by atoms with E-state index in [0.717, 1.165) is 32.2 Å². The molecule has 7 heteroatoms. The molecule has 0 aromatic heterocycles. The van der Waals surface area contributed by atoms with Crippen LogP contribution in [0.5, 0.6) is 0 Å². The second kappa shape index (κ2) is 6.76. The highest BCUT2D eigenvalue weighted by atomic mass is 19.4. The molecule has 1 N–H and O–H groups in total. The predicted octanol–water partition coefficient (Wildman–Crippen LogP) is 1.70. The highest BCUT2D eigenvalue weighted by molar-refractivity contribution is 5.77. The highest BCUT2D eigenvalue weighted by Gasteiger charge is 2.34. The lowest BCUT2D eigenvalue weighted by Crippen LogP contribution is -2.42. The number of carbonyl (C=O) groups is 1. The molecular weight excluding hydrogens is 273 g/mol. The van der Waals surface area contributed by atoms with Gasteiger partial charge in [0.15, 0.2) is 0 Å². The quantitative estimate of drug-likeness (QED) is 0.727. The Bertz CT molecular complexity index is 326. The number of nitrogens with one attached hydrogen (secondary N) is 1. The summed E-state index contributed by atoms with van der Waals surface area (Å²) < 4.78 is 40.3. The van der Waals surface area contributed by atoms with E-state index in [1.165, 1.54) is 0 Å². The molecule has 1 saturated carbocycles. The van der Waals surface area contributed by atoms with Crippen molar-refractivity contribution in [2.45, 2.75) is 50.4 Å². The van der Waals surface area contributed by atoms with Crippen LogP contribution >= 0.6 is 0 Å². The molecule has 1 heterocycles. The third kappa shape index (κ3) is 5.28. The number of rotatable bonds is 7. The van der Waals surface area contributed by atoms with Crippen LogP contribution in [0.15, 0.2) is 0 Å². The lowest BCUT2D eigenvalue weighted by atomic mass is 10.2. The average molecular weight is 294 g/mol. The van der Waals surface area contributed by atoms with E-state index in [1.54, 1.807) is 0 Å². The Morgan fingerprint density at radius 3 is 2.60 bits per heavy atom. The minimum atomic E-state index is -4.33. The summed E-state index contributed by atoms with van der Waals surface area (Å²) in [5, 5.41) is 3.34. The van der Waals surface area contributed by atoms with Crippen molar-refractivity contribution in [3.05, 3.63) is 0 Å². The van der Waals surface area contributed by atoms with Crippen molar-refractivity contribution in [1.82, 2.24) is 10.2 Å². The van der Waals surface area contributed by atoms with Gasteiger partial charge in [-0.15, -0.1) is 0 Å². The summed E-state index contributed by atoms with van der Waals surface area (Å²) in [5.41, 5.74) is 0. The molecule has 0 radical (unpaired) electrons. The Morgan fingerprint density at radius 1 is 1.30 bits per heavy atom. The van der Waals surface area contributed by atoms with Gasteiger partial charge in [-0.2, -0.15) is 13.2 Å². The van der Waals surface area contributed by atoms with Gasteiger partial charge < -0.3 is 15.0 Å². The molecule has 116 valence electrons. The van der Waals surface area contributed by atoms with Crippen LogP contribution in [0.25, 0.3) is 0 Å². The minimum Gasteiger partial charge on any atom is -0.372 e. The molecule has 1 aliphatic heterocycles. The molecule has 1 saturated heterocycles. The monoisotopic (exact) mass is 294 g/mol. The first-order valence-corrected chi connectivity index (χ1v) is 7.13. The number of hydrogen-bond donors (Lipinski definition) is 1. The summed E-state index contributed by atoms with van der Waals surface area (Å²) in [4.78, 5) is 13.9. The Labute approximate surface area is 116 Å². The second-order valence-corrected chi connectivity index (χ2v) is 5.49. The van der Waals surface area contributed by atoms with Crippen molar-refractivity contribution >= 4 is 5.91 Å². The molecule has 2 rings (SSSR count). The zero-order valence-electron chi connectivity index (χ0n) is 11.4. The Kier molecular flexibility index (Phi) is 5.26. The molecule has 1 amide bonds. The lowest BCUT2D eigenvalue weighted by molar-refractivity contribution is -0.175. The van der Waals surface area contributed by atoms with Gasteiger partial charge >= 0.3 is 6.18 Å². The highest BCUT2D eigenvalue weighted by Crippen LogP contribution is 2.28. The fraction of sp³-hybridized carbons (Fsp3) is 0.923. The van der Waals surface area contributed by atoms with E-state index in [9.17, 15) is 18.0 Å². The van der Waals surface area contributed by atoms with Gasteiger partial charge in [0.25, 0.3) is 0 Å². The van der Waals surface area contributed by atoms with E-state index in [-0.39, 0.29) is 25.0 Å². The summed E-state index contributed by atoms with van der Waals surface area (Å²) in [6.07, 6.45) is -0.122. The maximum absolute atomic E-state index is 12.1. The summed E-state index contributed by atoms with van der Waals surface area (Å²) in [6.45, 7) is 0.197. The third-order valence-electron chi connectivity index (χ3n) is 3.61. The molecule has 0 spiro atoms. The first-order valence-electron chi connectivity index (χ1n) is 7.13.